The van der Waals surface area contributed by atoms with E-state index in [1.165, 1.54) is 61.6 Å². The van der Waals surface area contributed by atoms with Crippen molar-refractivity contribution in [3.05, 3.63) is 28.8 Å². The maximum absolute atomic E-state index is 6.75. The van der Waals surface area contributed by atoms with Crippen LogP contribution in [0.3, 0.4) is 0 Å². The van der Waals surface area contributed by atoms with Crippen LogP contribution in [0.1, 0.15) is 107 Å². The Bertz CT molecular complexity index is 578. The number of methoxy groups -OCH3 is 1. The van der Waals surface area contributed by atoms with E-state index >= 15 is 0 Å². The summed E-state index contributed by atoms with van der Waals surface area (Å²) in [6.07, 6.45) is 13.6. The molecular formula is C26H46O2S. The molecule has 3 heteroatoms. The first-order valence-electron chi connectivity index (χ1n) is 11.7. The zero-order chi connectivity index (χ0) is 21.9. The molecule has 0 spiro atoms. The van der Waals surface area contributed by atoms with E-state index in [4.69, 9.17) is 9.47 Å². The average molecular weight is 423 g/mol. The quantitative estimate of drug-likeness (QED) is 0.264. The second-order valence-corrected chi connectivity index (χ2v) is 9.99. The summed E-state index contributed by atoms with van der Waals surface area (Å²) in [6, 6.07) is 4.51. The highest BCUT2D eigenvalue weighted by atomic mass is 32.2. The van der Waals surface area contributed by atoms with Crippen LogP contribution in [-0.2, 0) is 4.74 Å². The van der Waals surface area contributed by atoms with Gasteiger partial charge in [-0.2, -0.15) is 11.8 Å². The van der Waals surface area contributed by atoms with Crippen LogP contribution >= 0.6 is 11.8 Å². The molecule has 0 N–H and O–H groups in total. The van der Waals surface area contributed by atoms with E-state index in [0.717, 1.165) is 18.6 Å². The molecule has 1 aromatic rings. The molecule has 1 rings (SSSR count). The second-order valence-electron chi connectivity index (χ2n) is 8.95. The van der Waals surface area contributed by atoms with Gasteiger partial charge in [0.05, 0.1) is 5.60 Å². The Morgan fingerprint density at radius 1 is 0.966 bits per heavy atom. The van der Waals surface area contributed by atoms with E-state index in [2.05, 4.69) is 59.9 Å². The van der Waals surface area contributed by atoms with E-state index in [-0.39, 0.29) is 11.7 Å². The third-order valence-electron chi connectivity index (χ3n) is 6.11. The van der Waals surface area contributed by atoms with Crippen molar-refractivity contribution in [2.24, 2.45) is 0 Å². The van der Waals surface area contributed by atoms with E-state index in [1.54, 1.807) is 7.11 Å². The first-order valence-corrected chi connectivity index (χ1v) is 12.9. The van der Waals surface area contributed by atoms with Crippen molar-refractivity contribution in [2.75, 3.05) is 13.4 Å². The number of thioether (sulfide) groups is 1. The predicted octanol–water partition coefficient (Wildman–Crippen LogP) is 8.43. The molecule has 2 atom stereocenters. The standard InChI is InChI=1S/C26H46O2S/c1-9-11-12-13-14-15-16-17-24(26(5,6)27-7)28-22-19-20(3)18-21(4)25(22)23(10-2)29-8/h18-19,23-24H,9-17H2,1-8H3. The van der Waals surface area contributed by atoms with Gasteiger partial charge in [0, 0.05) is 17.9 Å². The van der Waals surface area contributed by atoms with E-state index in [1.807, 2.05) is 11.8 Å². The minimum atomic E-state index is -0.307. The first kappa shape index (κ1) is 26.4. The van der Waals surface area contributed by atoms with Crippen LogP contribution in [0, 0.1) is 13.8 Å². The van der Waals surface area contributed by atoms with Gasteiger partial charge in [-0.25, -0.2) is 0 Å². The van der Waals surface area contributed by atoms with Gasteiger partial charge in [0.25, 0.3) is 0 Å². The van der Waals surface area contributed by atoms with E-state index < -0.39 is 0 Å². The highest BCUT2D eigenvalue weighted by Gasteiger charge is 2.32. The number of ether oxygens (including phenoxy) is 2. The molecule has 0 fully saturated rings. The lowest BCUT2D eigenvalue weighted by molar-refractivity contribution is -0.0694. The zero-order valence-corrected chi connectivity index (χ0v) is 21.2. The van der Waals surface area contributed by atoms with Crippen molar-refractivity contribution in [1.82, 2.24) is 0 Å². The van der Waals surface area contributed by atoms with Crippen molar-refractivity contribution in [2.45, 2.75) is 116 Å². The molecule has 0 heterocycles. The lowest BCUT2D eigenvalue weighted by atomic mass is 9.94. The fraction of sp³-hybridized carbons (Fsp3) is 0.769. The van der Waals surface area contributed by atoms with Gasteiger partial charge in [0.15, 0.2) is 0 Å². The fourth-order valence-corrected chi connectivity index (χ4v) is 4.93. The van der Waals surface area contributed by atoms with Gasteiger partial charge in [-0.15, -0.1) is 0 Å². The smallest absolute Gasteiger partial charge is 0.127 e. The van der Waals surface area contributed by atoms with Crippen LogP contribution in [0.5, 0.6) is 5.75 Å². The van der Waals surface area contributed by atoms with Crippen molar-refractivity contribution >= 4 is 11.8 Å². The first-order chi connectivity index (χ1) is 13.8. The van der Waals surface area contributed by atoms with E-state index in [9.17, 15) is 0 Å². The molecule has 0 aliphatic rings. The Kier molecular flexibility index (Phi) is 12.4. The Hall–Kier alpha value is -0.670. The molecule has 0 amide bonds. The maximum Gasteiger partial charge on any atom is 0.127 e. The Labute approximate surface area is 185 Å². The summed E-state index contributed by atoms with van der Waals surface area (Å²) in [5.74, 6) is 1.06. The van der Waals surface area contributed by atoms with Crippen LogP contribution < -0.4 is 4.74 Å². The highest BCUT2D eigenvalue weighted by Crippen LogP contribution is 2.40. The predicted molar refractivity (Wildman–Crippen MR) is 131 cm³/mol. The van der Waals surface area contributed by atoms with Gasteiger partial charge in [-0.05, 0) is 70.4 Å². The van der Waals surface area contributed by atoms with Gasteiger partial charge in [-0.1, -0.05) is 58.4 Å². The Balaban J connectivity index is 2.94. The van der Waals surface area contributed by atoms with Gasteiger partial charge in [-0.3, -0.25) is 0 Å². The number of unbranched alkanes of at least 4 members (excludes halogenated alkanes) is 6. The summed E-state index contributed by atoms with van der Waals surface area (Å²) >= 11 is 1.92. The molecule has 29 heavy (non-hydrogen) atoms. The zero-order valence-electron chi connectivity index (χ0n) is 20.4. The van der Waals surface area contributed by atoms with Gasteiger partial charge in [0.2, 0.25) is 0 Å². The van der Waals surface area contributed by atoms with Crippen molar-refractivity contribution in [1.29, 1.82) is 0 Å². The third-order valence-corrected chi connectivity index (χ3v) is 7.25. The molecular weight excluding hydrogens is 376 g/mol. The van der Waals surface area contributed by atoms with E-state index in [0.29, 0.717) is 5.25 Å². The third kappa shape index (κ3) is 8.53. The molecule has 0 aromatic heterocycles. The molecule has 0 aliphatic heterocycles. The minimum absolute atomic E-state index is 0.0578. The summed E-state index contributed by atoms with van der Waals surface area (Å²) in [6.45, 7) is 13.2. The van der Waals surface area contributed by atoms with Gasteiger partial charge < -0.3 is 9.47 Å². The summed E-state index contributed by atoms with van der Waals surface area (Å²) in [5, 5.41) is 0.468. The second kappa shape index (κ2) is 13.6. The summed E-state index contributed by atoms with van der Waals surface area (Å²) in [5.41, 5.74) is 3.66. The topological polar surface area (TPSA) is 18.5 Å². The molecule has 0 saturated heterocycles. The number of rotatable bonds is 15. The molecule has 0 bridgehead atoms. The minimum Gasteiger partial charge on any atom is -0.487 e. The largest absolute Gasteiger partial charge is 0.487 e. The number of hydrogen-bond acceptors (Lipinski definition) is 3. The van der Waals surface area contributed by atoms with Crippen molar-refractivity contribution in [3.8, 4) is 5.75 Å². The van der Waals surface area contributed by atoms with Crippen LogP contribution in [0.2, 0.25) is 0 Å². The normalized spacial score (nSPS) is 14.1. The average Bonchev–Trinajstić information content (AvgIpc) is 2.68. The lowest BCUT2D eigenvalue weighted by Gasteiger charge is -2.35. The molecule has 0 aliphatic carbocycles. The van der Waals surface area contributed by atoms with Crippen LogP contribution in [0.25, 0.3) is 0 Å². The number of hydrogen-bond donors (Lipinski definition) is 0. The highest BCUT2D eigenvalue weighted by molar-refractivity contribution is 7.98. The monoisotopic (exact) mass is 422 g/mol. The van der Waals surface area contributed by atoms with Gasteiger partial charge >= 0.3 is 0 Å². The molecule has 1 aromatic carbocycles. The Morgan fingerprint density at radius 3 is 2.14 bits per heavy atom. The molecule has 0 saturated carbocycles. The van der Waals surface area contributed by atoms with Gasteiger partial charge in [0.1, 0.15) is 11.9 Å². The molecule has 2 nitrogen and oxygen atoms in total. The fourth-order valence-electron chi connectivity index (χ4n) is 4.06. The summed E-state index contributed by atoms with van der Waals surface area (Å²) in [7, 11) is 1.81. The number of benzene rings is 1. The van der Waals surface area contributed by atoms with Crippen molar-refractivity contribution < 1.29 is 9.47 Å². The lowest BCUT2D eigenvalue weighted by Crippen LogP contribution is -2.42. The van der Waals surface area contributed by atoms with Crippen LogP contribution in [0.15, 0.2) is 12.1 Å². The molecule has 0 radical (unpaired) electrons. The Morgan fingerprint density at radius 2 is 1.59 bits per heavy atom. The number of aryl methyl sites for hydroxylation is 2. The molecule has 2 unspecified atom stereocenters. The maximum atomic E-state index is 6.75. The van der Waals surface area contributed by atoms with Crippen LogP contribution in [-0.4, -0.2) is 25.1 Å². The van der Waals surface area contributed by atoms with Crippen molar-refractivity contribution in [3.63, 3.8) is 0 Å². The molecule has 168 valence electrons. The SMILES string of the molecule is CCCCCCCCCC(Oc1cc(C)cc(C)c1C(CC)SC)C(C)(C)OC. The summed E-state index contributed by atoms with van der Waals surface area (Å²) < 4.78 is 12.6. The summed E-state index contributed by atoms with van der Waals surface area (Å²) in [4.78, 5) is 0. The van der Waals surface area contributed by atoms with Crippen LogP contribution in [0.4, 0.5) is 0 Å².